The fourth-order valence-corrected chi connectivity index (χ4v) is 5.66. The molecule has 4 aromatic rings. The van der Waals surface area contributed by atoms with Crippen LogP contribution in [0.15, 0.2) is 97.3 Å². The third kappa shape index (κ3) is 9.40. The van der Waals surface area contributed by atoms with Crippen LogP contribution in [0.3, 0.4) is 0 Å². The first-order valence-electron chi connectivity index (χ1n) is 15.0. The van der Waals surface area contributed by atoms with E-state index < -0.39 is 15.4 Å². The van der Waals surface area contributed by atoms with Gasteiger partial charge in [-0.25, -0.2) is 0 Å². The summed E-state index contributed by atoms with van der Waals surface area (Å²) in [5.74, 6) is 0. The Kier molecular flexibility index (Phi) is 11.5. The first kappa shape index (κ1) is 31.2. The van der Waals surface area contributed by atoms with Crippen LogP contribution in [0.2, 0.25) is 0 Å². The second-order valence-corrected chi connectivity index (χ2v) is 12.5. The van der Waals surface area contributed by atoms with Crippen molar-refractivity contribution < 1.29 is 17.5 Å². The van der Waals surface area contributed by atoms with Crippen LogP contribution in [0.4, 0.5) is 5.69 Å². The number of hydrogen-bond acceptors (Lipinski definition) is 3. The van der Waals surface area contributed by atoms with Crippen molar-refractivity contribution in [2.45, 2.75) is 57.6 Å². The molecule has 4 rings (SSSR count). The molecule has 0 fully saturated rings. The molecule has 1 unspecified atom stereocenters. The first-order valence-corrected chi connectivity index (χ1v) is 16.5. The van der Waals surface area contributed by atoms with Gasteiger partial charge in [0.1, 0.15) is 5.25 Å². The average molecular weight is 584 g/mol. The third-order valence-electron chi connectivity index (χ3n) is 7.54. The maximum Gasteiger partial charge on any atom is 0.271 e. The van der Waals surface area contributed by atoms with Gasteiger partial charge in [-0.2, -0.15) is 13.0 Å². The molecule has 0 saturated carbocycles. The molecule has 42 heavy (non-hydrogen) atoms. The van der Waals surface area contributed by atoms with Gasteiger partial charge in [-0.05, 0) is 71.3 Å². The van der Waals surface area contributed by atoms with Gasteiger partial charge < -0.3 is 4.90 Å². The number of aromatic nitrogens is 1. The highest BCUT2D eigenvalue weighted by Gasteiger charge is 2.20. The highest BCUT2D eigenvalue weighted by atomic mass is 32.2. The van der Waals surface area contributed by atoms with Crippen molar-refractivity contribution >= 4 is 44.9 Å². The summed E-state index contributed by atoms with van der Waals surface area (Å²) < 4.78 is 36.3. The van der Waals surface area contributed by atoms with Gasteiger partial charge in [0.05, 0.1) is 0 Å². The second kappa shape index (κ2) is 15.5. The summed E-state index contributed by atoms with van der Waals surface area (Å²) in [7, 11) is -4.23. The van der Waals surface area contributed by atoms with Crippen LogP contribution in [0.5, 0.6) is 0 Å². The predicted octanol–water partition coefficient (Wildman–Crippen LogP) is 8.06. The molecule has 0 saturated heterocycles. The van der Waals surface area contributed by atoms with Crippen molar-refractivity contribution in [3.63, 3.8) is 0 Å². The average Bonchev–Trinajstić information content (AvgIpc) is 3.00. The summed E-state index contributed by atoms with van der Waals surface area (Å²) in [5, 5.41) is 1.29. The molecule has 3 aromatic carbocycles. The van der Waals surface area contributed by atoms with E-state index in [1.165, 1.54) is 31.4 Å². The molecule has 1 N–H and O–H groups in total. The standard InChI is InChI=1S/C36H42N2O3S/c1-3-5-23-38(24-6-4-2)35-17-16-33-28-32(12-15-34(33)29-35)14-19-36(42(39,40)41)18-13-31-21-26-37(27-22-31)25-20-30-10-8-7-9-11-30/h7-12,14-17,19-22,25-29,36H,3-6,13,18,23-24H2,1-2H3/p+1. The molecule has 0 spiro atoms. The van der Waals surface area contributed by atoms with E-state index >= 15 is 0 Å². The Hall–Kier alpha value is -3.74. The molecule has 1 aromatic heterocycles. The summed E-state index contributed by atoms with van der Waals surface area (Å²) >= 11 is 0. The Morgan fingerprint density at radius 3 is 2.14 bits per heavy atom. The van der Waals surface area contributed by atoms with Crippen LogP contribution in [-0.2, 0) is 16.5 Å². The number of rotatable bonds is 15. The molecular formula is C36H43N2O3S+. The van der Waals surface area contributed by atoms with Gasteiger partial charge in [-0.15, -0.1) is 0 Å². The Morgan fingerprint density at radius 2 is 1.48 bits per heavy atom. The van der Waals surface area contributed by atoms with Crippen molar-refractivity contribution in [3.8, 4) is 0 Å². The highest BCUT2D eigenvalue weighted by Crippen LogP contribution is 2.25. The zero-order valence-electron chi connectivity index (χ0n) is 24.8. The summed E-state index contributed by atoms with van der Waals surface area (Å²) in [5.41, 5.74) is 4.28. The molecule has 0 aliphatic carbocycles. The normalized spacial score (nSPS) is 12.8. The van der Waals surface area contributed by atoms with Crippen molar-refractivity contribution in [3.05, 3.63) is 114 Å². The summed E-state index contributed by atoms with van der Waals surface area (Å²) in [6, 6.07) is 26.8. The smallest absolute Gasteiger partial charge is 0.271 e. The van der Waals surface area contributed by atoms with Gasteiger partial charge in [0.15, 0.2) is 18.6 Å². The van der Waals surface area contributed by atoms with Gasteiger partial charge in [-0.3, -0.25) is 4.55 Å². The molecule has 0 radical (unpaired) electrons. The van der Waals surface area contributed by atoms with E-state index in [9.17, 15) is 13.0 Å². The van der Waals surface area contributed by atoms with E-state index in [4.69, 9.17) is 0 Å². The van der Waals surface area contributed by atoms with Crippen molar-refractivity contribution in [2.24, 2.45) is 0 Å². The van der Waals surface area contributed by atoms with E-state index in [0.29, 0.717) is 12.8 Å². The summed E-state index contributed by atoms with van der Waals surface area (Å²) in [6.07, 6.45) is 16.8. The van der Waals surface area contributed by atoms with Gasteiger partial charge in [0.2, 0.25) is 0 Å². The lowest BCUT2D eigenvalue weighted by Gasteiger charge is -2.25. The summed E-state index contributed by atoms with van der Waals surface area (Å²) in [6.45, 7) is 6.58. The van der Waals surface area contributed by atoms with Crippen LogP contribution in [0.1, 0.15) is 62.6 Å². The van der Waals surface area contributed by atoms with Crippen LogP contribution in [-0.4, -0.2) is 31.3 Å². The molecular weight excluding hydrogens is 540 g/mol. The number of nitrogens with zero attached hydrogens (tertiary/aromatic N) is 2. The minimum atomic E-state index is -4.23. The fourth-order valence-electron chi connectivity index (χ4n) is 4.96. The first-order chi connectivity index (χ1) is 20.4. The number of anilines is 1. The topological polar surface area (TPSA) is 61.5 Å². The van der Waals surface area contributed by atoms with Gasteiger partial charge >= 0.3 is 0 Å². The van der Waals surface area contributed by atoms with Crippen LogP contribution in [0.25, 0.3) is 29.1 Å². The maximum absolute atomic E-state index is 12.2. The lowest BCUT2D eigenvalue weighted by molar-refractivity contribution is -0.567. The zero-order chi connectivity index (χ0) is 29.8. The third-order valence-corrected chi connectivity index (χ3v) is 8.70. The number of benzene rings is 3. The minimum Gasteiger partial charge on any atom is -0.372 e. The number of aryl methyl sites for hydroxylation is 1. The van der Waals surface area contributed by atoms with Gasteiger partial charge in [0, 0.05) is 37.0 Å². The van der Waals surface area contributed by atoms with E-state index in [0.717, 1.165) is 40.6 Å². The SMILES string of the molecule is CCCCN(CCCC)c1ccc2cc(C=CC(CCc3cc[n+](C=Cc4ccccc4)cc3)S(=O)(=O)O)ccc2c1. The van der Waals surface area contributed by atoms with E-state index in [-0.39, 0.29) is 0 Å². The Morgan fingerprint density at radius 1 is 0.810 bits per heavy atom. The summed E-state index contributed by atoms with van der Waals surface area (Å²) in [4.78, 5) is 2.48. The Labute approximate surface area is 251 Å². The van der Waals surface area contributed by atoms with Gasteiger partial charge in [0.25, 0.3) is 10.1 Å². The van der Waals surface area contributed by atoms with E-state index in [1.54, 1.807) is 12.2 Å². The van der Waals surface area contributed by atoms with Crippen LogP contribution in [0, 0.1) is 0 Å². The number of fused-ring (bicyclic) bond motifs is 1. The number of pyridine rings is 1. The molecule has 0 amide bonds. The zero-order valence-corrected chi connectivity index (χ0v) is 25.6. The lowest BCUT2D eigenvalue weighted by Crippen LogP contribution is -2.25. The van der Waals surface area contributed by atoms with Crippen molar-refractivity contribution in [2.75, 3.05) is 18.0 Å². The van der Waals surface area contributed by atoms with Crippen LogP contribution < -0.4 is 9.47 Å². The van der Waals surface area contributed by atoms with Gasteiger partial charge in [-0.1, -0.05) is 87.4 Å². The monoisotopic (exact) mass is 583 g/mol. The molecule has 1 atom stereocenters. The molecule has 5 nitrogen and oxygen atoms in total. The highest BCUT2D eigenvalue weighted by molar-refractivity contribution is 7.86. The molecule has 6 heteroatoms. The number of unbranched alkanes of at least 4 members (excludes halogenated alkanes) is 2. The minimum absolute atomic E-state index is 0.293. The van der Waals surface area contributed by atoms with Crippen LogP contribution >= 0.6 is 0 Å². The Balaban J connectivity index is 1.41. The van der Waals surface area contributed by atoms with E-state index in [2.05, 4.69) is 49.1 Å². The molecule has 0 aliphatic rings. The van der Waals surface area contributed by atoms with E-state index in [1.807, 2.05) is 77.8 Å². The van der Waals surface area contributed by atoms with Crippen molar-refractivity contribution in [1.82, 2.24) is 0 Å². The molecule has 1 heterocycles. The molecule has 0 bridgehead atoms. The quantitative estimate of drug-likeness (QED) is 0.114. The van der Waals surface area contributed by atoms with Crippen molar-refractivity contribution in [1.29, 1.82) is 0 Å². The molecule has 220 valence electrons. The fraction of sp³-hybridized carbons (Fsp3) is 0.306. The second-order valence-electron chi connectivity index (χ2n) is 10.8. The number of hydrogen-bond donors (Lipinski definition) is 1. The predicted molar refractivity (Wildman–Crippen MR) is 177 cm³/mol. The maximum atomic E-state index is 12.2. The molecule has 0 aliphatic heterocycles. The largest absolute Gasteiger partial charge is 0.372 e. The Bertz CT molecular complexity index is 1570. The lowest BCUT2D eigenvalue weighted by atomic mass is 10.0.